The van der Waals surface area contributed by atoms with Crippen molar-refractivity contribution >= 4 is 0 Å². The standard InChI is InChI=1S/C16H16N4O2/c1-3-14(21-2)16-19-15(20-22-16)11-7-8-13(18-10-11)12-6-4-5-9-17-12/h4-10,14H,3H2,1-2H3. The quantitative estimate of drug-likeness (QED) is 0.719. The number of hydrogen-bond acceptors (Lipinski definition) is 6. The second-order valence-electron chi connectivity index (χ2n) is 4.74. The average Bonchev–Trinajstić information content (AvgIpc) is 3.07. The van der Waals surface area contributed by atoms with Crippen molar-refractivity contribution in [3.63, 3.8) is 0 Å². The molecule has 0 radical (unpaired) electrons. The van der Waals surface area contributed by atoms with Crippen molar-refractivity contribution in [3.8, 4) is 22.8 Å². The predicted molar refractivity (Wildman–Crippen MR) is 80.8 cm³/mol. The Morgan fingerprint density at radius 3 is 2.64 bits per heavy atom. The number of pyridine rings is 2. The van der Waals surface area contributed by atoms with E-state index in [1.165, 1.54) is 0 Å². The Balaban J connectivity index is 1.84. The van der Waals surface area contributed by atoms with E-state index in [0.29, 0.717) is 11.7 Å². The molecule has 0 aliphatic rings. The van der Waals surface area contributed by atoms with E-state index in [1.807, 2.05) is 37.3 Å². The van der Waals surface area contributed by atoms with Crippen molar-refractivity contribution in [2.45, 2.75) is 19.4 Å². The first-order chi connectivity index (χ1) is 10.8. The van der Waals surface area contributed by atoms with Gasteiger partial charge in [-0.15, -0.1) is 0 Å². The molecule has 6 nitrogen and oxygen atoms in total. The van der Waals surface area contributed by atoms with Crippen molar-refractivity contribution < 1.29 is 9.26 Å². The van der Waals surface area contributed by atoms with Gasteiger partial charge in [0, 0.05) is 25.1 Å². The molecule has 0 saturated carbocycles. The number of rotatable bonds is 5. The fraction of sp³-hybridized carbons (Fsp3) is 0.250. The van der Waals surface area contributed by atoms with Gasteiger partial charge in [0.2, 0.25) is 5.82 Å². The fourth-order valence-corrected chi connectivity index (χ4v) is 2.12. The monoisotopic (exact) mass is 296 g/mol. The van der Waals surface area contributed by atoms with Crippen molar-refractivity contribution in [2.75, 3.05) is 7.11 Å². The van der Waals surface area contributed by atoms with E-state index in [1.54, 1.807) is 19.5 Å². The number of hydrogen-bond donors (Lipinski definition) is 0. The molecule has 0 aromatic carbocycles. The highest BCUT2D eigenvalue weighted by atomic mass is 16.5. The molecule has 3 heterocycles. The molecule has 3 rings (SSSR count). The van der Waals surface area contributed by atoms with Gasteiger partial charge in [0.15, 0.2) is 0 Å². The van der Waals surface area contributed by atoms with Crippen LogP contribution >= 0.6 is 0 Å². The van der Waals surface area contributed by atoms with Crippen LogP contribution in [0.5, 0.6) is 0 Å². The minimum absolute atomic E-state index is 0.179. The van der Waals surface area contributed by atoms with Gasteiger partial charge < -0.3 is 9.26 Å². The van der Waals surface area contributed by atoms with Gasteiger partial charge in [0.1, 0.15) is 6.10 Å². The zero-order valence-electron chi connectivity index (χ0n) is 12.4. The van der Waals surface area contributed by atoms with Gasteiger partial charge in [-0.1, -0.05) is 18.1 Å². The summed E-state index contributed by atoms with van der Waals surface area (Å²) in [5.74, 6) is 0.986. The molecular formula is C16H16N4O2. The topological polar surface area (TPSA) is 73.9 Å². The minimum Gasteiger partial charge on any atom is -0.372 e. The molecule has 0 aliphatic carbocycles. The van der Waals surface area contributed by atoms with Gasteiger partial charge >= 0.3 is 0 Å². The summed E-state index contributed by atoms with van der Waals surface area (Å²) in [5, 5.41) is 3.98. The third-order valence-corrected chi connectivity index (χ3v) is 3.32. The molecule has 22 heavy (non-hydrogen) atoms. The van der Waals surface area contributed by atoms with E-state index in [0.717, 1.165) is 23.4 Å². The van der Waals surface area contributed by atoms with Gasteiger partial charge in [-0.05, 0) is 30.7 Å². The maximum Gasteiger partial charge on any atom is 0.256 e. The number of methoxy groups -OCH3 is 1. The molecule has 0 N–H and O–H groups in total. The predicted octanol–water partition coefficient (Wildman–Crippen LogP) is 3.29. The van der Waals surface area contributed by atoms with Crippen LogP contribution in [0.25, 0.3) is 22.8 Å². The summed E-state index contributed by atoms with van der Waals surface area (Å²) in [6.07, 6.45) is 4.05. The lowest BCUT2D eigenvalue weighted by Gasteiger charge is -2.05. The van der Waals surface area contributed by atoms with Gasteiger partial charge in [0.05, 0.1) is 11.4 Å². The van der Waals surface area contributed by atoms with Crippen molar-refractivity contribution in [1.82, 2.24) is 20.1 Å². The van der Waals surface area contributed by atoms with Gasteiger partial charge in [-0.3, -0.25) is 9.97 Å². The molecule has 112 valence electrons. The van der Waals surface area contributed by atoms with Crippen LogP contribution in [0.15, 0.2) is 47.2 Å². The Hall–Kier alpha value is -2.60. The molecule has 3 aromatic rings. The Labute approximate surface area is 128 Å². The first-order valence-electron chi connectivity index (χ1n) is 7.06. The molecule has 3 aromatic heterocycles. The molecule has 0 amide bonds. The zero-order chi connectivity index (χ0) is 15.4. The summed E-state index contributed by atoms with van der Waals surface area (Å²) >= 11 is 0. The molecule has 0 fully saturated rings. The highest BCUT2D eigenvalue weighted by Gasteiger charge is 2.17. The summed E-state index contributed by atoms with van der Waals surface area (Å²) in [6, 6.07) is 9.51. The number of ether oxygens (including phenoxy) is 1. The number of aromatic nitrogens is 4. The largest absolute Gasteiger partial charge is 0.372 e. The second kappa shape index (κ2) is 6.44. The Kier molecular flexibility index (Phi) is 4.20. The van der Waals surface area contributed by atoms with E-state index < -0.39 is 0 Å². The number of nitrogens with zero attached hydrogens (tertiary/aromatic N) is 4. The molecule has 0 spiro atoms. The maximum atomic E-state index is 5.29. The molecule has 1 atom stereocenters. The van der Waals surface area contributed by atoms with Crippen LogP contribution in [0.4, 0.5) is 0 Å². The molecule has 0 aliphatic heterocycles. The third-order valence-electron chi connectivity index (χ3n) is 3.32. The Bertz CT molecular complexity index is 721. The molecule has 6 heteroatoms. The molecule has 1 unspecified atom stereocenters. The second-order valence-corrected chi connectivity index (χ2v) is 4.74. The lowest BCUT2D eigenvalue weighted by Crippen LogP contribution is -1.99. The van der Waals surface area contributed by atoms with Crippen LogP contribution in [0, 0.1) is 0 Å². The Morgan fingerprint density at radius 1 is 1.14 bits per heavy atom. The van der Waals surface area contributed by atoms with Crippen LogP contribution < -0.4 is 0 Å². The van der Waals surface area contributed by atoms with Crippen molar-refractivity contribution in [1.29, 1.82) is 0 Å². The summed E-state index contributed by atoms with van der Waals surface area (Å²) in [6.45, 7) is 2.00. The van der Waals surface area contributed by atoms with E-state index in [4.69, 9.17) is 9.26 Å². The molecule has 0 saturated heterocycles. The van der Waals surface area contributed by atoms with Crippen molar-refractivity contribution in [3.05, 3.63) is 48.6 Å². The highest BCUT2D eigenvalue weighted by molar-refractivity contribution is 5.59. The highest BCUT2D eigenvalue weighted by Crippen LogP contribution is 2.23. The summed E-state index contributed by atoms with van der Waals surface area (Å²) in [4.78, 5) is 13.0. The van der Waals surface area contributed by atoms with Gasteiger partial charge in [-0.2, -0.15) is 4.98 Å². The molecule has 0 bridgehead atoms. The van der Waals surface area contributed by atoms with E-state index in [9.17, 15) is 0 Å². The third kappa shape index (κ3) is 2.87. The van der Waals surface area contributed by atoms with E-state index in [2.05, 4.69) is 20.1 Å². The van der Waals surface area contributed by atoms with Crippen LogP contribution in [0.2, 0.25) is 0 Å². The summed E-state index contributed by atoms with van der Waals surface area (Å²) in [5.41, 5.74) is 2.42. The van der Waals surface area contributed by atoms with E-state index >= 15 is 0 Å². The lowest BCUT2D eigenvalue weighted by molar-refractivity contribution is 0.0706. The van der Waals surface area contributed by atoms with E-state index in [-0.39, 0.29) is 6.10 Å². The van der Waals surface area contributed by atoms with Gasteiger partial charge in [0.25, 0.3) is 5.89 Å². The smallest absolute Gasteiger partial charge is 0.256 e. The zero-order valence-corrected chi connectivity index (χ0v) is 12.4. The van der Waals surface area contributed by atoms with Gasteiger partial charge in [-0.25, -0.2) is 0 Å². The SMILES string of the molecule is CCC(OC)c1nc(-c2ccc(-c3ccccn3)nc2)no1. The maximum absolute atomic E-state index is 5.29. The first kappa shape index (κ1) is 14.3. The molecular weight excluding hydrogens is 280 g/mol. The average molecular weight is 296 g/mol. The van der Waals surface area contributed by atoms with Crippen molar-refractivity contribution in [2.24, 2.45) is 0 Å². The van der Waals surface area contributed by atoms with Crippen LogP contribution in [0.3, 0.4) is 0 Å². The van der Waals surface area contributed by atoms with Crippen LogP contribution in [0.1, 0.15) is 25.3 Å². The summed E-state index contributed by atoms with van der Waals surface area (Å²) in [7, 11) is 1.63. The minimum atomic E-state index is -0.179. The van der Waals surface area contributed by atoms with Crippen LogP contribution in [-0.4, -0.2) is 27.2 Å². The summed E-state index contributed by atoms with van der Waals surface area (Å²) < 4.78 is 10.5. The fourth-order valence-electron chi connectivity index (χ4n) is 2.12. The normalized spacial score (nSPS) is 12.3. The first-order valence-corrected chi connectivity index (χ1v) is 7.06. The lowest BCUT2D eigenvalue weighted by atomic mass is 10.2. The van der Waals surface area contributed by atoms with Crippen LogP contribution in [-0.2, 0) is 4.74 Å². The Morgan fingerprint density at radius 2 is 2.00 bits per heavy atom.